The number of aromatic nitrogens is 2. The predicted octanol–water partition coefficient (Wildman–Crippen LogP) is 1.76. The van der Waals surface area contributed by atoms with E-state index in [9.17, 15) is 14.3 Å². The summed E-state index contributed by atoms with van der Waals surface area (Å²) in [5.74, 6) is -1.79. The minimum Gasteiger partial charge on any atom is -0.507 e. The zero-order valence-corrected chi connectivity index (χ0v) is 10.6. The lowest BCUT2D eigenvalue weighted by Crippen LogP contribution is -2.27. The van der Waals surface area contributed by atoms with Gasteiger partial charge in [0.05, 0.1) is 12.2 Å². The van der Waals surface area contributed by atoms with E-state index in [2.05, 4.69) is 10.4 Å². The van der Waals surface area contributed by atoms with E-state index in [1.54, 1.807) is 31.0 Å². The summed E-state index contributed by atoms with van der Waals surface area (Å²) in [7, 11) is 1.76. The lowest BCUT2D eigenvalue weighted by molar-refractivity contribution is 0.0933. The Morgan fingerprint density at radius 1 is 1.53 bits per heavy atom. The van der Waals surface area contributed by atoms with Crippen LogP contribution in [0.2, 0.25) is 0 Å². The van der Waals surface area contributed by atoms with Gasteiger partial charge in [-0.2, -0.15) is 5.10 Å². The Bertz CT molecular complexity index is 589. The molecule has 0 radical (unpaired) electrons. The van der Waals surface area contributed by atoms with Gasteiger partial charge in [0.25, 0.3) is 5.91 Å². The molecule has 2 aromatic rings. The molecule has 5 nitrogen and oxygen atoms in total. The Labute approximate surface area is 109 Å². The number of rotatable bonds is 3. The van der Waals surface area contributed by atoms with Crippen molar-refractivity contribution in [1.29, 1.82) is 0 Å². The van der Waals surface area contributed by atoms with Crippen molar-refractivity contribution in [2.45, 2.75) is 13.0 Å². The van der Waals surface area contributed by atoms with Crippen LogP contribution in [0, 0.1) is 5.82 Å². The van der Waals surface area contributed by atoms with Crippen LogP contribution in [0.15, 0.2) is 30.6 Å². The normalized spacial score (nSPS) is 12.2. The van der Waals surface area contributed by atoms with Gasteiger partial charge in [-0.25, -0.2) is 4.39 Å². The quantitative estimate of drug-likeness (QED) is 0.886. The molecular formula is C13H14FN3O2. The van der Waals surface area contributed by atoms with Crippen LogP contribution in [0.5, 0.6) is 5.75 Å². The number of carbonyl (C=O) groups is 1. The fourth-order valence-electron chi connectivity index (χ4n) is 1.75. The second kappa shape index (κ2) is 5.09. The smallest absolute Gasteiger partial charge is 0.258 e. The zero-order valence-electron chi connectivity index (χ0n) is 10.6. The molecule has 1 amide bonds. The Morgan fingerprint density at radius 2 is 2.26 bits per heavy atom. The van der Waals surface area contributed by atoms with Crippen LogP contribution in [0.4, 0.5) is 4.39 Å². The number of phenols is 1. The Hall–Kier alpha value is -2.37. The molecular weight excluding hydrogens is 249 g/mol. The summed E-state index contributed by atoms with van der Waals surface area (Å²) in [6, 6.07) is 3.41. The van der Waals surface area contributed by atoms with Gasteiger partial charge in [0.2, 0.25) is 0 Å². The molecule has 100 valence electrons. The van der Waals surface area contributed by atoms with Gasteiger partial charge < -0.3 is 10.4 Å². The van der Waals surface area contributed by atoms with Gasteiger partial charge in [-0.1, -0.05) is 6.07 Å². The summed E-state index contributed by atoms with van der Waals surface area (Å²) >= 11 is 0. The number of benzene rings is 1. The molecule has 0 bridgehead atoms. The first-order valence-corrected chi connectivity index (χ1v) is 5.76. The molecule has 6 heteroatoms. The molecule has 1 atom stereocenters. The predicted molar refractivity (Wildman–Crippen MR) is 67.2 cm³/mol. The van der Waals surface area contributed by atoms with Crippen LogP contribution >= 0.6 is 0 Å². The van der Waals surface area contributed by atoms with Crippen LogP contribution in [-0.2, 0) is 7.05 Å². The fraction of sp³-hybridized carbons (Fsp3) is 0.231. The summed E-state index contributed by atoms with van der Waals surface area (Å²) in [5.41, 5.74) is 0.449. The molecule has 0 aliphatic carbocycles. The number of aryl methyl sites for hydroxylation is 1. The monoisotopic (exact) mass is 263 g/mol. The lowest BCUT2D eigenvalue weighted by Gasteiger charge is -2.13. The molecule has 2 N–H and O–H groups in total. The number of nitrogens with one attached hydrogen (secondary N) is 1. The first-order valence-electron chi connectivity index (χ1n) is 5.76. The fourth-order valence-corrected chi connectivity index (χ4v) is 1.75. The molecule has 1 aromatic carbocycles. The van der Waals surface area contributed by atoms with Gasteiger partial charge in [-0.15, -0.1) is 0 Å². The van der Waals surface area contributed by atoms with Crippen molar-refractivity contribution in [3.63, 3.8) is 0 Å². The maximum atomic E-state index is 13.5. The SMILES string of the molecule is C[C@H](NC(=O)c1c(O)cccc1F)c1cnn(C)c1. The van der Waals surface area contributed by atoms with Gasteiger partial charge in [0.1, 0.15) is 17.1 Å². The van der Waals surface area contributed by atoms with Crippen molar-refractivity contribution >= 4 is 5.91 Å². The molecule has 0 aliphatic heterocycles. The number of carbonyl (C=O) groups excluding carboxylic acids is 1. The second-order valence-corrected chi connectivity index (χ2v) is 4.28. The Kier molecular flexibility index (Phi) is 3.50. The van der Waals surface area contributed by atoms with Gasteiger partial charge in [0, 0.05) is 18.8 Å². The average molecular weight is 263 g/mol. The van der Waals surface area contributed by atoms with Crippen molar-refractivity contribution in [1.82, 2.24) is 15.1 Å². The van der Waals surface area contributed by atoms with E-state index in [1.165, 1.54) is 12.1 Å². The second-order valence-electron chi connectivity index (χ2n) is 4.28. The standard InChI is InChI=1S/C13H14FN3O2/c1-8(9-6-15-17(2)7-9)16-13(19)12-10(14)4-3-5-11(12)18/h3-8,18H,1-2H3,(H,16,19)/t8-/m0/s1. The summed E-state index contributed by atoms with van der Waals surface area (Å²) < 4.78 is 15.1. The number of aromatic hydroxyl groups is 1. The van der Waals surface area contributed by atoms with E-state index in [4.69, 9.17) is 0 Å². The first-order chi connectivity index (χ1) is 8.99. The van der Waals surface area contributed by atoms with Gasteiger partial charge in [0.15, 0.2) is 0 Å². The van der Waals surface area contributed by atoms with Crippen molar-refractivity contribution in [3.05, 3.63) is 47.5 Å². The van der Waals surface area contributed by atoms with Crippen LogP contribution in [0.1, 0.15) is 28.9 Å². The molecule has 1 aromatic heterocycles. The highest BCUT2D eigenvalue weighted by atomic mass is 19.1. The third-order valence-electron chi connectivity index (χ3n) is 2.79. The number of halogens is 1. The third-order valence-corrected chi connectivity index (χ3v) is 2.79. The molecule has 0 unspecified atom stereocenters. The first kappa shape index (κ1) is 13.1. The number of phenolic OH excluding ortho intramolecular Hbond substituents is 1. The number of amides is 1. The van der Waals surface area contributed by atoms with Crippen LogP contribution in [0.25, 0.3) is 0 Å². The summed E-state index contributed by atoms with van der Waals surface area (Å²) in [4.78, 5) is 11.9. The highest BCUT2D eigenvalue weighted by molar-refractivity contribution is 5.97. The summed E-state index contributed by atoms with van der Waals surface area (Å²) in [5, 5.41) is 16.1. The maximum absolute atomic E-state index is 13.5. The average Bonchev–Trinajstić information content (AvgIpc) is 2.75. The van der Waals surface area contributed by atoms with Crippen LogP contribution in [-0.4, -0.2) is 20.8 Å². The molecule has 2 rings (SSSR count). The minimum atomic E-state index is -0.754. The zero-order chi connectivity index (χ0) is 14.0. The van der Waals surface area contributed by atoms with E-state index < -0.39 is 11.7 Å². The van der Waals surface area contributed by atoms with E-state index >= 15 is 0 Å². The van der Waals surface area contributed by atoms with E-state index in [-0.39, 0.29) is 17.4 Å². The molecule has 0 aliphatic rings. The molecule has 19 heavy (non-hydrogen) atoms. The van der Waals surface area contributed by atoms with E-state index in [1.807, 2.05) is 0 Å². The molecule has 1 heterocycles. The lowest BCUT2D eigenvalue weighted by atomic mass is 10.1. The molecule has 0 fully saturated rings. The van der Waals surface area contributed by atoms with Gasteiger partial charge in [-0.05, 0) is 19.1 Å². The summed E-state index contributed by atoms with van der Waals surface area (Å²) in [6.45, 7) is 1.76. The third kappa shape index (κ3) is 2.73. The van der Waals surface area contributed by atoms with Gasteiger partial charge in [-0.3, -0.25) is 9.48 Å². The van der Waals surface area contributed by atoms with Gasteiger partial charge >= 0.3 is 0 Å². The topological polar surface area (TPSA) is 67.2 Å². The number of hydrogen-bond acceptors (Lipinski definition) is 3. The van der Waals surface area contributed by atoms with Crippen molar-refractivity contribution in [2.24, 2.45) is 7.05 Å². The number of nitrogens with zero attached hydrogens (tertiary/aromatic N) is 2. The molecule has 0 spiro atoms. The van der Waals surface area contributed by atoms with Crippen LogP contribution < -0.4 is 5.32 Å². The van der Waals surface area contributed by atoms with Crippen molar-refractivity contribution in [2.75, 3.05) is 0 Å². The largest absolute Gasteiger partial charge is 0.507 e. The Morgan fingerprint density at radius 3 is 2.84 bits per heavy atom. The molecule has 0 saturated heterocycles. The highest BCUT2D eigenvalue weighted by Gasteiger charge is 2.19. The number of hydrogen-bond donors (Lipinski definition) is 2. The summed E-state index contributed by atoms with van der Waals surface area (Å²) in [6.07, 6.45) is 3.37. The Balaban J connectivity index is 2.17. The van der Waals surface area contributed by atoms with Crippen LogP contribution in [0.3, 0.4) is 0 Å². The van der Waals surface area contributed by atoms with Crippen molar-refractivity contribution < 1.29 is 14.3 Å². The minimum absolute atomic E-state index is 0.333. The maximum Gasteiger partial charge on any atom is 0.258 e. The highest BCUT2D eigenvalue weighted by Crippen LogP contribution is 2.21. The van der Waals surface area contributed by atoms with E-state index in [0.29, 0.717) is 0 Å². The molecule has 0 saturated carbocycles. The van der Waals surface area contributed by atoms with E-state index in [0.717, 1.165) is 11.6 Å². The van der Waals surface area contributed by atoms with Crippen molar-refractivity contribution in [3.8, 4) is 5.75 Å².